The van der Waals surface area contributed by atoms with Crippen LogP contribution in [0.4, 0.5) is 0 Å². The predicted molar refractivity (Wildman–Crippen MR) is 108 cm³/mol. The zero-order valence-electron chi connectivity index (χ0n) is 17.6. The highest BCUT2D eigenvalue weighted by Gasteiger charge is 2.37. The van der Waals surface area contributed by atoms with E-state index in [2.05, 4.69) is 57.3 Å². The van der Waals surface area contributed by atoms with Crippen LogP contribution < -0.4 is 10.1 Å². The molecule has 0 aromatic heterocycles. The van der Waals surface area contributed by atoms with Crippen molar-refractivity contribution >= 4 is 0 Å². The number of hydrogen-bond donors (Lipinski definition) is 1. The number of ether oxygens (including phenoxy) is 2. The van der Waals surface area contributed by atoms with E-state index >= 15 is 0 Å². The number of methoxy groups -OCH3 is 1. The lowest BCUT2D eigenvalue weighted by Gasteiger charge is -2.42. The zero-order valence-corrected chi connectivity index (χ0v) is 17.6. The van der Waals surface area contributed by atoms with E-state index in [1.165, 1.54) is 44.2 Å². The first-order chi connectivity index (χ1) is 12.4. The van der Waals surface area contributed by atoms with Gasteiger partial charge >= 0.3 is 0 Å². The first-order valence-electron chi connectivity index (χ1n) is 10.5. The SMILES string of the molecule is COc1ccc(C[NH2+]CC[C@@]2(CCC(C)C)CCO[C@@H](C(C)C)C2)cc1. The molecule has 1 aromatic rings. The van der Waals surface area contributed by atoms with Gasteiger partial charge in [0.1, 0.15) is 12.3 Å². The first kappa shape index (κ1) is 21.2. The number of hydrogen-bond acceptors (Lipinski definition) is 2. The van der Waals surface area contributed by atoms with E-state index < -0.39 is 0 Å². The Balaban J connectivity index is 1.87. The van der Waals surface area contributed by atoms with Gasteiger partial charge in [0.2, 0.25) is 0 Å². The highest BCUT2D eigenvalue weighted by molar-refractivity contribution is 5.26. The monoisotopic (exact) mass is 362 g/mol. The fourth-order valence-corrected chi connectivity index (χ4v) is 4.06. The summed E-state index contributed by atoms with van der Waals surface area (Å²) in [5.41, 5.74) is 1.85. The van der Waals surface area contributed by atoms with Crippen molar-refractivity contribution in [3.8, 4) is 5.75 Å². The molecule has 2 atom stereocenters. The van der Waals surface area contributed by atoms with Crippen molar-refractivity contribution in [2.24, 2.45) is 17.3 Å². The molecule has 1 heterocycles. The summed E-state index contributed by atoms with van der Waals surface area (Å²) in [7, 11) is 1.72. The third-order valence-corrected chi connectivity index (χ3v) is 6.01. The summed E-state index contributed by atoms with van der Waals surface area (Å²) < 4.78 is 11.3. The Morgan fingerprint density at radius 1 is 1.15 bits per heavy atom. The van der Waals surface area contributed by atoms with Gasteiger partial charge in [-0.2, -0.15) is 0 Å². The van der Waals surface area contributed by atoms with Crippen molar-refractivity contribution in [1.29, 1.82) is 0 Å². The van der Waals surface area contributed by atoms with E-state index in [1.807, 2.05) is 0 Å². The minimum Gasteiger partial charge on any atom is -0.497 e. The lowest BCUT2D eigenvalue weighted by atomic mass is 9.69. The maximum atomic E-state index is 6.08. The van der Waals surface area contributed by atoms with Crippen LogP contribution in [0.2, 0.25) is 0 Å². The lowest BCUT2D eigenvalue weighted by molar-refractivity contribution is -0.672. The molecule has 26 heavy (non-hydrogen) atoms. The van der Waals surface area contributed by atoms with Gasteiger partial charge in [0, 0.05) is 18.6 Å². The predicted octanol–water partition coefficient (Wildman–Crippen LogP) is 4.41. The largest absolute Gasteiger partial charge is 0.497 e. The van der Waals surface area contributed by atoms with Crippen molar-refractivity contribution in [3.05, 3.63) is 29.8 Å². The molecule has 2 rings (SSSR count). The standard InChI is InChI=1S/C23H39NO2/c1-18(2)10-11-23(13-15-26-22(16-23)19(3)4)12-14-24-17-20-6-8-21(25-5)9-7-20/h6-9,18-19,22,24H,10-17H2,1-5H3/p+1/t22-,23+/m1/s1. The molecule has 1 saturated heterocycles. The Kier molecular flexibility index (Phi) is 8.43. The van der Waals surface area contributed by atoms with E-state index in [9.17, 15) is 0 Å². The van der Waals surface area contributed by atoms with Gasteiger partial charge in [-0.1, -0.05) is 34.1 Å². The summed E-state index contributed by atoms with van der Waals surface area (Å²) in [6, 6.07) is 8.46. The number of quaternary nitrogens is 1. The van der Waals surface area contributed by atoms with Crippen molar-refractivity contribution in [2.45, 2.75) is 72.4 Å². The molecule has 0 amide bonds. The number of nitrogens with two attached hydrogens (primary N) is 1. The van der Waals surface area contributed by atoms with Crippen LogP contribution in [0.3, 0.4) is 0 Å². The summed E-state index contributed by atoms with van der Waals surface area (Å²) in [4.78, 5) is 0. The van der Waals surface area contributed by atoms with E-state index in [0.29, 0.717) is 17.4 Å². The average Bonchev–Trinajstić information content (AvgIpc) is 2.64. The summed E-state index contributed by atoms with van der Waals surface area (Å²) in [6.07, 6.45) is 6.92. The normalized spacial score (nSPS) is 23.6. The minimum atomic E-state index is 0.442. The third kappa shape index (κ3) is 6.59. The molecular formula is C23H40NO2+. The quantitative estimate of drug-likeness (QED) is 0.626. The molecule has 0 unspecified atom stereocenters. The van der Waals surface area contributed by atoms with Crippen LogP contribution in [0.25, 0.3) is 0 Å². The molecule has 2 N–H and O–H groups in total. The third-order valence-electron chi connectivity index (χ3n) is 6.01. The van der Waals surface area contributed by atoms with Gasteiger partial charge in [-0.05, 0) is 60.8 Å². The Bertz CT molecular complexity index is 511. The van der Waals surface area contributed by atoms with Crippen molar-refractivity contribution in [1.82, 2.24) is 0 Å². The van der Waals surface area contributed by atoms with Gasteiger partial charge in [0.05, 0.1) is 19.8 Å². The van der Waals surface area contributed by atoms with Gasteiger partial charge in [-0.25, -0.2) is 0 Å². The van der Waals surface area contributed by atoms with E-state index in [0.717, 1.165) is 24.8 Å². The summed E-state index contributed by atoms with van der Waals surface area (Å²) >= 11 is 0. The van der Waals surface area contributed by atoms with Crippen LogP contribution in [-0.4, -0.2) is 26.4 Å². The van der Waals surface area contributed by atoms with Gasteiger partial charge in [-0.15, -0.1) is 0 Å². The Morgan fingerprint density at radius 2 is 1.88 bits per heavy atom. The number of rotatable bonds is 10. The molecule has 1 fully saturated rings. The highest BCUT2D eigenvalue weighted by Crippen LogP contribution is 2.43. The van der Waals surface area contributed by atoms with Crippen molar-refractivity contribution in [2.75, 3.05) is 20.3 Å². The molecule has 1 aliphatic rings. The second-order valence-electron chi connectivity index (χ2n) is 8.92. The van der Waals surface area contributed by atoms with Crippen LogP contribution >= 0.6 is 0 Å². The Morgan fingerprint density at radius 3 is 2.50 bits per heavy atom. The first-order valence-corrected chi connectivity index (χ1v) is 10.5. The fraction of sp³-hybridized carbons (Fsp3) is 0.739. The molecule has 0 aliphatic carbocycles. The maximum Gasteiger partial charge on any atom is 0.118 e. The minimum absolute atomic E-state index is 0.442. The second kappa shape index (κ2) is 10.3. The lowest BCUT2D eigenvalue weighted by Crippen LogP contribution is -2.83. The number of benzene rings is 1. The van der Waals surface area contributed by atoms with E-state index in [-0.39, 0.29) is 0 Å². The van der Waals surface area contributed by atoms with Crippen LogP contribution in [0.5, 0.6) is 5.75 Å². The molecule has 0 bridgehead atoms. The molecule has 3 heteroatoms. The topological polar surface area (TPSA) is 35.1 Å². The molecule has 148 valence electrons. The van der Waals surface area contributed by atoms with Gasteiger partial charge in [0.15, 0.2) is 0 Å². The van der Waals surface area contributed by atoms with Crippen LogP contribution in [0.15, 0.2) is 24.3 Å². The zero-order chi connectivity index (χ0) is 19.0. The molecule has 1 aliphatic heterocycles. The average molecular weight is 363 g/mol. The van der Waals surface area contributed by atoms with Gasteiger partial charge in [-0.3, -0.25) is 0 Å². The van der Waals surface area contributed by atoms with Crippen LogP contribution in [0, 0.1) is 17.3 Å². The van der Waals surface area contributed by atoms with Crippen LogP contribution in [-0.2, 0) is 11.3 Å². The Hall–Kier alpha value is -1.06. The molecule has 0 saturated carbocycles. The molecule has 0 spiro atoms. The highest BCUT2D eigenvalue weighted by atomic mass is 16.5. The van der Waals surface area contributed by atoms with Crippen molar-refractivity contribution < 1.29 is 14.8 Å². The summed E-state index contributed by atoms with van der Waals surface area (Å²) in [6.45, 7) is 12.5. The van der Waals surface area contributed by atoms with Crippen molar-refractivity contribution in [3.63, 3.8) is 0 Å². The van der Waals surface area contributed by atoms with Crippen LogP contribution in [0.1, 0.15) is 65.4 Å². The fourth-order valence-electron chi connectivity index (χ4n) is 4.06. The van der Waals surface area contributed by atoms with E-state index in [4.69, 9.17) is 9.47 Å². The molecule has 0 radical (unpaired) electrons. The molecule has 3 nitrogen and oxygen atoms in total. The van der Waals surface area contributed by atoms with Gasteiger partial charge in [0.25, 0.3) is 0 Å². The molecule has 1 aromatic carbocycles. The second-order valence-corrected chi connectivity index (χ2v) is 8.92. The summed E-state index contributed by atoms with van der Waals surface area (Å²) in [5.74, 6) is 2.34. The summed E-state index contributed by atoms with van der Waals surface area (Å²) in [5, 5.41) is 2.47. The maximum absolute atomic E-state index is 6.08. The smallest absolute Gasteiger partial charge is 0.118 e. The van der Waals surface area contributed by atoms with Gasteiger partial charge < -0.3 is 14.8 Å². The van der Waals surface area contributed by atoms with E-state index in [1.54, 1.807) is 7.11 Å². The molecular weight excluding hydrogens is 322 g/mol. The Labute approximate surface area is 160 Å².